The molecule has 0 bridgehead atoms. The number of hydrogen-bond acceptors (Lipinski definition) is 3. The highest BCUT2D eigenvalue weighted by molar-refractivity contribution is 5.84. The highest BCUT2D eigenvalue weighted by Crippen LogP contribution is 2.36. The van der Waals surface area contributed by atoms with Gasteiger partial charge in [0, 0.05) is 24.4 Å². The highest BCUT2D eigenvalue weighted by atomic mass is 16.5. The van der Waals surface area contributed by atoms with Crippen LogP contribution in [0.3, 0.4) is 0 Å². The van der Waals surface area contributed by atoms with Gasteiger partial charge in [-0.25, -0.2) is 0 Å². The molecule has 0 amide bonds. The average Bonchev–Trinajstić information content (AvgIpc) is 2.54. The molecule has 136 valence electrons. The van der Waals surface area contributed by atoms with Gasteiger partial charge in [-0.1, -0.05) is 53.9 Å². The molecular weight excluding hydrogens is 298 g/mol. The van der Waals surface area contributed by atoms with Crippen molar-refractivity contribution in [1.29, 1.82) is 0 Å². The van der Waals surface area contributed by atoms with Crippen LogP contribution in [0.2, 0.25) is 0 Å². The fourth-order valence-corrected chi connectivity index (χ4v) is 2.80. The Labute approximate surface area is 148 Å². The predicted octanol–water partition coefficient (Wildman–Crippen LogP) is 5.64. The van der Waals surface area contributed by atoms with Crippen molar-refractivity contribution in [2.75, 3.05) is 20.8 Å². The van der Waals surface area contributed by atoms with Gasteiger partial charge in [0.25, 0.3) is 0 Å². The minimum absolute atomic E-state index is 0.00227. The smallest absolute Gasteiger partial charge is 0.128 e. The molecule has 1 atom stereocenters. The van der Waals surface area contributed by atoms with Crippen molar-refractivity contribution in [2.45, 2.75) is 65.7 Å². The van der Waals surface area contributed by atoms with Gasteiger partial charge < -0.3 is 9.47 Å². The zero-order valence-corrected chi connectivity index (χ0v) is 16.6. The number of hydrogen-bond donors (Lipinski definition) is 0. The average molecular weight is 334 g/mol. The number of unbranched alkanes of at least 4 members (excludes halogenated alkanes) is 1. The van der Waals surface area contributed by atoms with Gasteiger partial charge in [-0.05, 0) is 29.9 Å². The summed E-state index contributed by atoms with van der Waals surface area (Å²) < 4.78 is 11.8. The molecule has 0 aromatic heterocycles. The maximum Gasteiger partial charge on any atom is 0.128 e. The fraction of sp³-hybridized carbons (Fsp3) is 0.667. The monoisotopic (exact) mass is 333 g/mol. The molecule has 3 heteroatoms. The Bertz CT molecular complexity index is 529. The second-order valence-corrected chi connectivity index (χ2v) is 7.46. The van der Waals surface area contributed by atoms with Gasteiger partial charge >= 0.3 is 0 Å². The zero-order valence-electron chi connectivity index (χ0n) is 16.6. The van der Waals surface area contributed by atoms with Crippen LogP contribution in [0.15, 0.2) is 17.1 Å². The summed E-state index contributed by atoms with van der Waals surface area (Å²) in [5, 5.41) is 0. The zero-order chi connectivity index (χ0) is 18.2. The third-order valence-electron chi connectivity index (χ3n) is 4.43. The van der Waals surface area contributed by atoms with Gasteiger partial charge in [-0.3, -0.25) is 4.99 Å². The molecule has 1 unspecified atom stereocenters. The molecule has 0 saturated heterocycles. The van der Waals surface area contributed by atoms with E-state index in [2.05, 4.69) is 45.7 Å². The van der Waals surface area contributed by atoms with Gasteiger partial charge in [-0.15, -0.1) is 0 Å². The van der Waals surface area contributed by atoms with Crippen LogP contribution in [0.1, 0.15) is 71.4 Å². The molecule has 0 radical (unpaired) electrons. The third-order valence-corrected chi connectivity index (χ3v) is 4.43. The van der Waals surface area contributed by atoms with E-state index in [1.165, 1.54) is 19.3 Å². The lowest BCUT2D eigenvalue weighted by Crippen LogP contribution is -2.16. The summed E-state index contributed by atoms with van der Waals surface area (Å²) in [4.78, 5) is 4.17. The van der Waals surface area contributed by atoms with E-state index in [9.17, 15) is 0 Å². The first-order valence-electron chi connectivity index (χ1n) is 9.14. The number of aliphatic imine (C=N–C) groups is 1. The first kappa shape index (κ1) is 20.5. The fourth-order valence-electron chi connectivity index (χ4n) is 2.80. The molecule has 1 aromatic rings. The Kier molecular flexibility index (Phi) is 8.30. The minimum Gasteiger partial charge on any atom is -0.496 e. The maximum atomic E-state index is 6.23. The van der Waals surface area contributed by atoms with E-state index < -0.39 is 0 Å². The van der Waals surface area contributed by atoms with Crippen molar-refractivity contribution in [1.82, 2.24) is 0 Å². The minimum atomic E-state index is -0.00227. The van der Waals surface area contributed by atoms with Crippen molar-refractivity contribution in [3.05, 3.63) is 23.3 Å². The van der Waals surface area contributed by atoms with Crippen molar-refractivity contribution < 1.29 is 9.47 Å². The van der Waals surface area contributed by atoms with Crippen molar-refractivity contribution >= 4 is 6.21 Å². The van der Waals surface area contributed by atoms with Gasteiger partial charge in [-0.2, -0.15) is 0 Å². The predicted molar refractivity (Wildman–Crippen MR) is 104 cm³/mol. The van der Waals surface area contributed by atoms with Crippen molar-refractivity contribution in [2.24, 2.45) is 10.9 Å². The second-order valence-electron chi connectivity index (χ2n) is 7.46. The van der Waals surface area contributed by atoms with E-state index in [0.717, 1.165) is 35.7 Å². The van der Waals surface area contributed by atoms with Crippen LogP contribution in [0, 0.1) is 5.92 Å². The summed E-state index contributed by atoms with van der Waals surface area (Å²) in [6.45, 7) is 11.8. The molecule has 0 saturated carbocycles. The molecule has 0 aliphatic carbocycles. The van der Waals surface area contributed by atoms with Gasteiger partial charge in [0.05, 0.1) is 13.7 Å². The Hall–Kier alpha value is -1.51. The van der Waals surface area contributed by atoms with E-state index in [4.69, 9.17) is 9.47 Å². The first-order valence-corrected chi connectivity index (χ1v) is 9.14. The number of benzene rings is 1. The molecule has 1 aromatic carbocycles. The van der Waals surface area contributed by atoms with E-state index in [1.807, 2.05) is 12.3 Å². The SMILES string of the molecule is CCCCC(CC)COc1cc(C(C)(C)C)c(OC)cc1/C=N/C. The van der Waals surface area contributed by atoms with Crippen molar-refractivity contribution in [3.63, 3.8) is 0 Å². The summed E-state index contributed by atoms with van der Waals surface area (Å²) in [5.74, 6) is 2.40. The Morgan fingerprint density at radius 3 is 2.38 bits per heavy atom. The van der Waals surface area contributed by atoms with Crippen LogP contribution < -0.4 is 9.47 Å². The molecule has 3 nitrogen and oxygen atoms in total. The quantitative estimate of drug-likeness (QED) is 0.548. The van der Waals surface area contributed by atoms with E-state index in [0.29, 0.717) is 5.92 Å². The Balaban J connectivity index is 3.10. The standard InChI is InChI=1S/C21H35NO2/c1-8-10-11-16(9-2)15-24-19-13-18(21(3,4)5)20(23-7)12-17(19)14-22-6/h12-14,16H,8-11,15H2,1-7H3/b22-14+. The highest BCUT2D eigenvalue weighted by Gasteiger charge is 2.22. The Morgan fingerprint density at radius 2 is 1.88 bits per heavy atom. The van der Waals surface area contributed by atoms with E-state index in [-0.39, 0.29) is 5.41 Å². The van der Waals surface area contributed by atoms with Crippen LogP contribution in [0.5, 0.6) is 11.5 Å². The summed E-state index contributed by atoms with van der Waals surface area (Å²) in [5.41, 5.74) is 2.14. The molecule has 24 heavy (non-hydrogen) atoms. The maximum absolute atomic E-state index is 6.23. The summed E-state index contributed by atoms with van der Waals surface area (Å²) >= 11 is 0. The number of nitrogens with zero attached hydrogens (tertiary/aromatic N) is 1. The molecule has 0 aliphatic heterocycles. The third kappa shape index (κ3) is 5.85. The number of ether oxygens (including phenoxy) is 2. The largest absolute Gasteiger partial charge is 0.496 e. The summed E-state index contributed by atoms with van der Waals surface area (Å²) in [6, 6.07) is 4.16. The van der Waals surface area contributed by atoms with Gasteiger partial charge in [0.2, 0.25) is 0 Å². The lowest BCUT2D eigenvalue weighted by Gasteiger charge is -2.24. The van der Waals surface area contributed by atoms with Crippen LogP contribution in [-0.2, 0) is 5.41 Å². The van der Waals surface area contributed by atoms with Crippen LogP contribution >= 0.6 is 0 Å². The lowest BCUT2D eigenvalue weighted by molar-refractivity contribution is 0.232. The molecule has 0 aliphatic rings. The normalized spacial score (nSPS) is 13.3. The van der Waals surface area contributed by atoms with E-state index in [1.54, 1.807) is 14.2 Å². The molecule has 0 fully saturated rings. The van der Waals surface area contributed by atoms with Crippen LogP contribution in [-0.4, -0.2) is 27.0 Å². The lowest BCUT2D eigenvalue weighted by atomic mass is 9.85. The topological polar surface area (TPSA) is 30.8 Å². The number of methoxy groups -OCH3 is 1. The number of rotatable bonds is 9. The van der Waals surface area contributed by atoms with Crippen LogP contribution in [0.25, 0.3) is 0 Å². The molecule has 0 heterocycles. The van der Waals surface area contributed by atoms with Gasteiger partial charge in [0.15, 0.2) is 0 Å². The van der Waals surface area contributed by atoms with E-state index >= 15 is 0 Å². The summed E-state index contributed by atoms with van der Waals surface area (Å²) in [7, 11) is 3.50. The molecular formula is C21H35NO2. The molecule has 0 spiro atoms. The summed E-state index contributed by atoms with van der Waals surface area (Å²) in [6.07, 6.45) is 6.73. The van der Waals surface area contributed by atoms with Crippen LogP contribution in [0.4, 0.5) is 0 Å². The van der Waals surface area contributed by atoms with Gasteiger partial charge in [0.1, 0.15) is 11.5 Å². The molecule has 0 N–H and O–H groups in total. The second kappa shape index (κ2) is 9.71. The first-order chi connectivity index (χ1) is 11.4. The van der Waals surface area contributed by atoms with Crippen molar-refractivity contribution in [3.8, 4) is 11.5 Å². The molecule has 1 rings (SSSR count). The Morgan fingerprint density at radius 1 is 1.17 bits per heavy atom.